The zero-order valence-electron chi connectivity index (χ0n) is 18.6. The summed E-state index contributed by atoms with van der Waals surface area (Å²) in [6.07, 6.45) is 1.89. The maximum Gasteiger partial charge on any atom is 0.337 e. The van der Waals surface area contributed by atoms with E-state index in [4.69, 9.17) is 21.1 Å². The topological polar surface area (TPSA) is 77.5 Å². The third-order valence-electron chi connectivity index (χ3n) is 5.06. The van der Waals surface area contributed by atoms with E-state index in [1.807, 2.05) is 18.2 Å². The number of dihydropyridines is 1. The van der Waals surface area contributed by atoms with E-state index in [1.54, 1.807) is 58.2 Å². The number of nitrogens with one attached hydrogen (secondary N) is 1. The molecule has 168 valence electrons. The van der Waals surface area contributed by atoms with Crippen LogP contribution in [0.15, 0.2) is 71.2 Å². The highest BCUT2D eigenvalue weighted by Gasteiger charge is 2.39. The van der Waals surface area contributed by atoms with Crippen molar-refractivity contribution in [3.05, 3.63) is 87.5 Å². The lowest BCUT2D eigenvalue weighted by molar-refractivity contribution is -0.143. The second-order valence-corrected chi connectivity index (χ2v) is 8.29. The molecule has 1 aromatic heterocycles. The summed E-state index contributed by atoms with van der Waals surface area (Å²) in [5.74, 6) is -1.67. The molecule has 1 aliphatic rings. The Morgan fingerprint density at radius 3 is 2.28 bits per heavy atom. The Balaban J connectivity index is 1.87. The first-order valence-electron chi connectivity index (χ1n) is 10.5. The third-order valence-corrected chi connectivity index (χ3v) is 5.32. The SMILES string of the molecule is CC1=C(C(=O)OCCc2ccc(Cl)cc2)C(c2ccccn2)C(C(=O)OC(C)C)=C(C)N1. The van der Waals surface area contributed by atoms with Crippen molar-refractivity contribution in [1.82, 2.24) is 10.3 Å². The third kappa shape index (κ3) is 5.56. The van der Waals surface area contributed by atoms with Crippen LogP contribution in [0, 0.1) is 0 Å². The van der Waals surface area contributed by atoms with E-state index in [9.17, 15) is 9.59 Å². The zero-order valence-corrected chi connectivity index (χ0v) is 19.4. The van der Waals surface area contributed by atoms with E-state index in [1.165, 1.54) is 0 Å². The maximum atomic E-state index is 13.2. The van der Waals surface area contributed by atoms with Gasteiger partial charge in [0.1, 0.15) is 0 Å². The molecule has 2 aromatic rings. The van der Waals surface area contributed by atoms with Crippen molar-refractivity contribution in [3.63, 3.8) is 0 Å². The Morgan fingerprint density at radius 2 is 1.69 bits per heavy atom. The number of allylic oxidation sites excluding steroid dienone is 2. The summed E-state index contributed by atoms with van der Waals surface area (Å²) in [4.78, 5) is 30.6. The van der Waals surface area contributed by atoms with Gasteiger partial charge in [0, 0.05) is 29.0 Å². The van der Waals surface area contributed by atoms with Gasteiger partial charge >= 0.3 is 11.9 Å². The quantitative estimate of drug-likeness (QED) is 0.610. The molecule has 1 unspecified atom stereocenters. The summed E-state index contributed by atoms with van der Waals surface area (Å²) in [7, 11) is 0. The molecular weight excluding hydrogens is 428 g/mol. The van der Waals surface area contributed by atoms with Gasteiger partial charge < -0.3 is 14.8 Å². The van der Waals surface area contributed by atoms with Crippen LogP contribution in [-0.2, 0) is 25.5 Å². The van der Waals surface area contributed by atoms with Gasteiger partial charge in [-0.1, -0.05) is 29.8 Å². The average molecular weight is 455 g/mol. The summed E-state index contributed by atoms with van der Waals surface area (Å²) in [6, 6.07) is 12.8. The Labute approximate surface area is 193 Å². The fraction of sp³-hybridized carbons (Fsp3) is 0.320. The molecule has 1 N–H and O–H groups in total. The Morgan fingerprint density at radius 1 is 1.03 bits per heavy atom. The minimum absolute atomic E-state index is 0.195. The first-order chi connectivity index (χ1) is 15.3. The van der Waals surface area contributed by atoms with Gasteiger partial charge in [-0.15, -0.1) is 0 Å². The minimum Gasteiger partial charge on any atom is -0.462 e. The summed E-state index contributed by atoms with van der Waals surface area (Å²) < 4.78 is 11.1. The van der Waals surface area contributed by atoms with E-state index >= 15 is 0 Å². The zero-order chi connectivity index (χ0) is 23.3. The van der Waals surface area contributed by atoms with Crippen molar-refractivity contribution >= 4 is 23.5 Å². The predicted molar refractivity (Wildman–Crippen MR) is 123 cm³/mol. The molecule has 1 aliphatic heterocycles. The van der Waals surface area contributed by atoms with Gasteiger partial charge in [0.25, 0.3) is 0 Å². The van der Waals surface area contributed by atoms with Gasteiger partial charge in [0.15, 0.2) is 0 Å². The van der Waals surface area contributed by atoms with Crippen LogP contribution in [0.5, 0.6) is 0 Å². The first-order valence-corrected chi connectivity index (χ1v) is 10.9. The van der Waals surface area contributed by atoms with Crippen molar-refractivity contribution in [2.24, 2.45) is 0 Å². The summed E-state index contributed by atoms with van der Waals surface area (Å²) in [5, 5.41) is 3.80. The fourth-order valence-electron chi connectivity index (χ4n) is 3.65. The summed E-state index contributed by atoms with van der Waals surface area (Å²) >= 11 is 5.92. The lowest BCUT2D eigenvalue weighted by Gasteiger charge is -2.30. The average Bonchev–Trinajstić information content (AvgIpc) is 2.74. The number of hydrogen-bond donors (Lipinski definition) is 1. The van der Waals surface area contributed by atoms with E-state index in [2.05, 4.69) is 10.3 Å². The van der Waals surface area contributed by atoms with Gasteiger partial charge in [-0.25, -0.2) is 9.59 Å². The van der Waals surface area contributed by atoms with E-state index in [-0.39, 0.29) is 12.7 Å². The predicted octanol–water partition coefficient (Wildman–Crippen LogP) is 4.71. The first kappa shape index (κ1) is 23.5. The molecular formula is C25H27ClN2O4. The van der Waals surface area contributed by atoms with E-state index in [0.717, 1.165) is 5.56 Å². The van der Waals surface area contributed by atoms with Crippen LogP contribution < -0.4 is 5.32 Å². The molecule has 0 bridgehead atoms. The monoisotopic (exact) mass is 454 g/mol. The number of hydrogen-bond acceptors (Lipinski definition) is 6. The van der Waals surface area contributed by atoms with Crippen molar-refractivity contribution in [2.75, 3.05) is 6.61 Å². The van der Waals surface area contributed by atoms with Crippen LogP contribution in [0.1, 0.15) is 44.9 Å². The lowest BCUT2D eigenvalue weighted by atomic mass is 9.82. The Hall–Kier alpha value is -3.12. The molecule has 0 aliphatic carbocycles. The number of ether oxygens (including phenoxy) is 2. The summed E-state index contributed by atoms with van der Waals surface area (Å²) in [5.41, 5.74) is 3.53. The Kier molecular flexibility index (Phi) is 7.70. The van der Waals surface area contributed by atoms with Gasteiger partial charge in [0.05, 0.1) is 35.5 Å². The highest BCUT2D eigenvalue weighted by Crippen LogP contribution is 2.38. The van der Waals surface area contributed by atoms with E-state index in [0.29, 0.717) is 39.7 Å². The molecule has 2 heterocycles. The number of rotatable bonds is 7. The molecule has 0 fully saturated rings. The molecule has 7 heteroatoms. The van der Waals surface area contributed by atoms with Crippen LogP contribution in [0.2, 0.25) is 5.02 Å². The van der Waals surface area contributed by atoms with Gasteiger partial charge in [-0.3, -0.25) is 4.98 Å². The second kappa shape index (κ2) is 10.5. The molecule has 1 atom stereocenters. The number of pyridine rings is 1. The molecule has 0 amide bonds. The molecule has 0 saturated carbocycles. The number of nitrogens with zero attached hydrogens (tertiary/aromatic N) is 1. The molecule has 1 aromatic carbocycles. The van der Waals surface area contributed by atoms with E-state index < -0.39 is 17.9 Å². The number of halogens is 1. The molecule has 3 rings (SSSR count). The van der Waals surface area contributed by atoms with Crippen LogP contribution in [0.4, 0.5) is 0 Å². The number of aromatic nitrogens is 1. The van der Waals surface area contributed by atoms with Crippen molar-refractivity contribution in [1.29, 1.82) is 0 Å². The normalized spacial score (nSPS) is 16.1. The second-order valence-electron chi connectivity index (χ2n) is 7.86. The van der Waals surface area contributed by atoms with Gasteiger partial charge in [-0.05, 0) is 57.5 Å². The molecule has 6 nitrogen and oxygen atoms in total. The standard InChI is InChI=1S/C25H27ClN2O4/c1-15(2)32-25(30)22-17(4)28-16(3)21(23(22)20-7-5-6-13-27-20)24(29)31-14-12-18-8-10-19(26)11-9-18/h5-11,13,15,23,28H,12,14H2,1-4H3. The van der Waals surface area contributed by atoms with Crippen molar-refractivity contribution in [2.45, 2.75) is 46.1 Å². The number of carbonyl (C=O) groups excluding carboxylic acids is 2. The highest BCUT2D eigenvalue weighted by molar-refractivity contribution is 6.30. The Bertz CT molecular complexity index is 1040. The van der Waals surface area contributed by atoms with Crippen molar-refractivity contribution < 1.29 is 19.1 Å². The highest BCUT2D eigenvalue weighted by atomic mass is 35.5. The van der Waals surface area contributed by atoms with Crippen molar-refractivity contribution in [3.8, 4) is 0 Å². The number of carbonyl (C=O) groups is 2. The minimum atomic E-state index is -0.688. The largest absolute Gasteiger partial charge is 0.462 e. The number of esters is 2. The molecule has 0 saturated heterocycles. The van der Waals surface area contributed by atoms with Crippen LogP contribution in [0.3, 0.4) is 0 Å². The lowest BCUT2D eigenvalue weighted by Crippen LogP contribution is -2.33. The number of benzene rings is 1. The van der Waals surface area contributed by atoms with Crippen LogP contribution >= 0.6 is 11.6 Å². The molecule has 0 radical (unpaired) electrons. The van der Waals surface area contributed by atoms with Crippen LogP contribution in [0.25, 0.3) is 0 Å². The molecule has 32 heavy (non-hydrogen) atoms. The summed E-state index contributed by atoms with van der Waals surface area (Å²) in [6.45, 7) is 7.35. The van der Waals surface area contributed by atoms with Crippen LogP contribution in [-0.4, -0.2) is 29.6 Å². The smallest absolute Gasteiger partial charge is 0.337 e. The van der Waals surface area contributed by atoms with Gasteiger partial charge in [-0.2, -0.15) is 0 Å². The maximum absolute atomic E-state index is 13.2. The van der Waals surface area contributed by atoms with Gasteiger partial charge in [0.2, 0.25) is 0 Å². The molecule has 0 spiro atoms. The fourth-order valence-corrected chi connectivity index (χ4v) is 3.77.